The van der Waals surface area contributed by atoms with E-state index in [0.29, 0.717) is 18.6 Å². The van der Waals surface area contributed by atoms with Crippen LogP contribution in [0.5, 0.6) is 0 Å². The molecule has 0 aliphatic carbocycles. The fourth-order valence-corrected chi connectivity index (χ4v) is 1.46. The van der Waals surface area contributed by atoms with Gasteiger partial charge in [-0.25, -0.2) is 4.98 Å². The van der Waals surface area contributed by atoms with Crippen LogP contribution in [0, 0.1) is 0 Å². The molecular weight excluding hydrogens is 190 g/mol. The van der Waals surface area contributed by atoms with Gasteiger partial charge in [0.15, 0.2) is 0 Å². The quantitative estimate of drug-likeness (QED) is 0.776. The molecule has 86 valence electrons. The van der Waals surface area contributed by atoms with Gasteiger partial charge in [-0.1, -0.05) is 13.8 Å². The summed E-state index contributed by atoms with van der Waals surface area (Å²) in [5.74, 6) is 0. The molecule has 1 aromatic rings. The number of nitrogens with one attached hydrogen (secondary N) is 1. The Hall–Kier alpha value is -0.870. The highest BCUT2D eigenvalue weighted by Crippen LogP contribution is 2.16. The molecule has 1 rings (SSSR count). The van der Waals surface area contributed by atoms with E-state index < -0.39 is 6.10 Å². The second-order valence-electron chi connectivity index (χ2n) is 4.40. The van der Waals surface area contributed by atoms with Crippen LogP contribution in [-0.4, -0.2) is 27.2 Å². The van der Waals surface area contributed by atoms with Crippen molar-refractivity contribution in [2.24, 2.45) is 0 Å². The van der Waals surface area contributed by atoms with E-state index in [1.807, 2.05) is 4.57 Å². The van der Waals surface area contributed by atoms with Gasteiger partial charge in [-0.15, -0.1) is 0 Å². The normalized spacial score (nSPS) is 13.8. The fourth-order valence-electron chi connectivity index (χ4n) is 1.46. The second-order valence-corrected chi connectivity index (χ2v) is 4.40. The van der Waals surface area contributed by atoms with Gasteiger partial charge in [0, 0.05) is 18.6 Å². The Labute approximate surface area is 91.3 Å². The van der Waals surface area contributed by atoms with E-state index in [4.69, 9.17) is 0 Å². The van der Waals surface area contributed by atoms with E-state index in [-0.39, 0.29) is 0 Å². The number of nitrogens with zero attached hydrogens (tertiary/aromatic N) is 2. The Bertz CT molecular complexity index is 294. The molecule has 0 radical (unpaired) electrons. The number of aliphatic hydroxyl groups is 1. The number of hydrogen-bond acceptors (Lipinski definition) is 3. The summed E-state index contributed by atoms with van der Waals surface area (Å²) < 4.78 is 1.99. The predicted octanol–water partition coefficient (Wildman–Crippen LogP) is 1.50. The molecule has 0 saturated carbocycles. The lowest BCUT2D eigenvalue weighted by Gasteiger charge is -2.18. The Morgan fingerprint density at radius 2 is 2.07 bits per heavy atom. The first-order valence-corrected chi connectivity index (χ1v) is 5.45. The summed E-state index contributed by atoms with van der Waals surface area (Å²) in [5.41, 5.74) is 0.873. The summed E-state index contributed by atoms with van der Waals surface area (Å²) in [6, 6.07) is 0.714. The van der Waals surface area contributed by atoms with Crippen LogP contribution in [0.15, 0.2) is 12.5 Å². The standard InChI is InChI=1S/C11H21N3O/c1-8(2)13-6-11(15)10-5-12-7-14(10)9(3)4/h5,7-9,11,13,15H,6H2,1-4H3. The van der Waals surface area contributed by atoms with Crippen molar-refractivity contribution in [3.8, 4) is 0 Å². The summed E-state index contributed by atoms with van der Waals surface area (Å²) >= 11 is 0. The van der Waals surface area contributed by atoms with Gasteiger partial charge in [-0.05, 0) is 13.8 Å². The van der Waals surface area contributed by atoms with Crippen LogP contribution >= 0.6 is 0 Å². The van der Waals surface area contributed by atoms with E-state index in [2.05, 4.69) is 38.0 Å². The van der Waals surface area contributed by atoms with Gasteiger partial charge >= 0.3 is 0 Å². The van der Waals surface area contributed by atoms with Gasteiger partial charge in [0.2, 0.25) is 0 Å². The highest BCUT2D eigenvalue weighted by atomic mass is 16.3. The van der Waals surface area contributed by atoms with Crippen LogP contribution in [0.3, 0.4) is 0 Å². The van der Waals surface area contributed by atoms with Gasteiger partial charge < -0.3 is 15.0 Å². The van der Waals surface area contributed by atoms with E-state index in [0.717, 1.165) is 5.69 Å². The Morgan fingerprint density at radius 1 is 1.40 bits per heavy atom. The topological polar surface area (TPSA) is 50.1 Å². The number of aromatic nitrogens is 2. The number of rotatable bonds is 5. The molecule has 1 unspecified atom stereocenters. The Balaban J connectivity index is 2.64. The average molecular weight is 211 g/mol. The molecule has 15 heavy (non-hydrogen) atoms. The molecule has 0 bridgehead atoms. The molecule has 0 aromatic carbocycles. The third-order valence-corrected chi connectivity index (χ3v) is 2.31. The van der Waals surface area contributed by atoms with E-state index in [1.165, 1.54) is 0 Å². The molecule has 4 nitrogen and oxygen atoms in total. The van der Waals surface area contributed by atoms with Crippen LogP contribution in [-0.2, 0) is 0 Å². The molecular formula is C11H21N3O. The minimum Gasteiger partial charge on any atom is -0.385 e. The van der Waals surface area contributed by atoms with Crippen molar-refractivity contribution in [1.29, 1.82) is 0 Å². The van der Waals surface area contributed by atoms with Crippen molar-refractivity contribution >= 4 is 0 Å². The maximum Gasteiger partial charge on any atom is 0.108 e. The van der Waals surface area contributed by atoms with Crippen LogP contribution in [0.1, 0.15) is 45.5 Å². The SMILES string of the molecule is CC(C)NCC(O)c1cncn1C(C)C. The van der Waals surface area contributed by atoms with E-state index >= 15 is 0 Å². The molecule has 0 amide bonds. The first-order valence-electron chi connectivity index (χ1n) is 5.45. The molecule has 0 aliphatic rings. The minimum atomic E-state index is -0.489. The summed E-state index contributed by atoms with van der Waals surface area (Å²) in [7, 11) is 0. The zero-order valence-corrected chi connectivity index (χ0v) is 9.94. The van der Waals surface area contributed by atoms with Gasteiger partial charge in [0.25, 0.3) is 0 Å². The minimum absolute atomic E-state index is 0.330. The molecule has 0 saturated heterocycles. The van der Waals surface area contributed by atoms with Crippen molar-refractivity contribution in [2.75, 3.05) is 6.54 Å². The van der Waals surface area contributed by atoms with Crippen molar-refractivity contribution in [1.82, 2.24) is 14.9 Å². The lowest BCUT2D eigenvalue weighted by molar-refractivity contribution is 0.161. The molecule has 1 aromatic heterocycles. The maximum atomic E-state index is 9.96. The number of imidazole rings is 1. The van der Waals surface area contributed by atoms with Crippen molar-refractivity contribution in [2.45, 2.75) is 45.9 Å². The first kappa shape index (κ1) is 12.2. The summed E-state index contributed by atoms with van der Waals surface area (Å²) in [6.07, 6.45) is 3.00. The molecule has 0 spiro atoms. The summed E-state index contributed by atoms with van der Waals surface area (Å²) in [4.78, 5) is 4.07. The largest absolute Gasteiger partial charge is 0.385 e. The van der Waals surface area contributed by atoms with Crippen molar-refractivity contribution in [3.63, 3.8) is 0 Å². The van der Waals surface area contributed by atoms with E-state index in [9.17, 15) is 5.11 Å². The van der Waals surface area contributed by atoms with Crippen LogP contribution < -0.4 is 5.32 Å². The first-order chi connectivity index (χ1) is 7.02. The molecule has 1 heterocycles. The highest BCUT2D eigenvalue weighted by Gasteiger charge is 2.14. The third kappa shape index (κ3) is 3.32. The number of hydrogen-bond donors (Lipinski definition) is 2. The van der Waals surface area contributed by atoms with Gasteiger partial charge in [-0.2, -0.15) is 0 Å². The van der Waals surface area contributed by atoms with Gasteiger partial charge in [-0.3, -0.25) is 0 Å². The highest BCUT2D eigenvalue weighted by molar-refractivity contribution is 5.04. The molecule has 0 aliphatic heterocycles. The monoisotopic (exact) mass is 211 g/mol. The Morgan fingerprint density at radius 3 is 2.60 bits per heavy atom. The smallest absolute Gasteiger partial charge is 0.108 e. The van der Waals surface area contributed by atoms with Crippen molar-refractivity contribution in [3.05, 3.63) is 18.2 Å². The lowest BCUT2D eigenvalue weighted by atomic mass is 10.2. The molecule has 4 heteroatoms. The number of aliphatic hydroxyl groups excluding tert-OH is 1. The van der Waals surface area contributed by atoms with Crippen LogP contribution in [0.25, 0.3) is 0 Å². The van der Waals surface area contributed by atoms with E-state index in [1.54, 1.807) is 12.5 Å². The molecule has 2 N–H and O–H groups in total. The third-order valence-electron chi connectivity index (χ3n) is 2.31. The summed E-state index contributed by atoms with van der Waals surface area (Å²) in [6.45, 7) is 8.84. The Kier molecular flexibility index (Phi) is 4.29. The zero-order valence-electron chi connectivity index (χ0n) is 9.94. The maximum absolute atomic E-state index is 9.96. The lowest BCUT2D eigenvalue weighted by Crippen LogP contribution is -2.29. The molecule has 0 fully saturated rings. The summed E-state index contributed by atoms with van der Waals surface area (Å²) in [5, 5.41) is 13.2. The van der Waals surface area contributed by atoms with Gasteiger partial charge in [0.1, 0.15) is 6.10 Å². The van der Waals surface area contributed by atoms with Crippen LogP contribution in [0.2, 0.25) is 0 Å². The zero-order chi connectivity index (χ0) is 11.4. The molecule has 1 atom stereocenters. The second kappa shape index (κ2) is 5.28. The predicted molar refractivity (Wildman–Crippen MR) is 60.7 cm³/mol. The fraction of sp³-hybridized carbons (Fsp3) is 0.727. The average Bonchev–Trinajstić information content (AvgIpc) is 2.62. The van der Waals surface area contributed by atoms with Gasteiger partial charge in [0.05, 0.1) is 18.2 Å². The van der Waals surface area contributed by atoms with Crippen molar-refractivity contribution < 1.29 is 5.11 Å². The van der Waals surface area contributed by atoms with Crippen LogP contribution in [0.4, 0.5) is 0 Å².